The summed E-state index contributed by atoms with van der Waals surface area (Å²) in [5.41, 5.74) is -0.407. The zero-order valence-corrected chi connectivity index (χ0v) is 17.2. The molecule has 0 aliphatic carbocycles. The number of phosphoric ester groups is 1. The van der Waals surface area contributed by atoms with Crippen molar-refractivity contribution in [2.24, 2.45) is 0 Å². The molecule has 28 heavy (non-hydrogen) atoms. The Morgan fingerprint density at radius 3 is 2.75 bits per heavy atom. The summed E-state index contributed by atoms with van der Waals surface area (Å²) in [4.78, 5) is 14.4. The Bertz CT molecular complexity index is 794. The van der Waals surface area contributed by atoms with Gasteiger partial charge in [0.25, 0.3) is 0 Å². The molecule has 2 aliphatic rings. The molecule has 1 aromatic rings. The molecule has 2 N–H and O–H groups in total. The van der Waals surface area contributed by atoms with Crippen molar-refractivity contribution in [2.75, 3.05) is 13.2 Å². The van der Waals surface area contributed by atoms with Crippen molar-refractivity contribution in [1.82, 2.24) is 9.55 Å². The fourth-order valence-corrected chi connectivity index (χ4v) is 4.90. The molecule has 0 aromatic carbocycles. The first-order chi connectivity index (χ1) is 13.5. The van der Waals surface area contributed by atoms with Gasteiger partial charge in [-0.25, -0.2) is 9.36 Å². The number of ether oxygens (including phenoxy) is 1. The van der Waals surface area contributed by atoms with Gasteiger partial charge >= 0.3 is 13.5 Å². The fourth-order valence-electron chi connectivity index (χ4n) is 3.47. The van der Waals surface area contributed by atoms with Crippen LogP contribution in [0, 0.1) is 5.41 Å². The lowest BCUT2D eigenvalue weighted by Gasteiger charge is -2.29. The summed E-state index contributed by atoms with van der Waals surface area (Å²) in [6.45, 7) is 2.64. The van der Waals surface area contributed by atoms with E-state index in [1.54, 1.807) is 0 Å². The van der Waals surface area contributed by atoms with Gasteiger partial charge < -0.3 is 4.74 Å². The van der Waals surface area contributed by atoms with Crippen LogP contribution in [0.2, 0.25) is 0 Å². The van der Waals surface area contributed by atoms with Crippen molar-refractivity contribution in [1.29, 1.82) is 5.41 Å². The predicted octanol–water partition coefficient (Wildman–Crippen LogP) is 3.23. The molecule has 158 valence electrons. The number of rotatable bonds is 10. The van der Waals surface area contributed by atoms with E-state index < -0.39 is 31.9 Å². The number of fused-ring (bicyclic) bond motifs is 1. The lowest BCUT2D eigenvalue weighted by molar-refractivity contribution is -0.0723. The Balaban J connectivity index is 1.44. The average Bonchev–Trinajstić information content (AvgIpc) is 3.06. The highest BCUT2D eigenvalue weighted by Crippen LogP contribution is 2.56. The minimum Gasteiger partial charge on any atom is -0.349 e. The van der Waals surface area contributed by atoms with Crippen molar-refractivity contribution in [3.8, 4) is 0 Å². The maximum Gasteiger partial charge on any atom is 0.475 e. The van der Waals surface area contributed by atoms with Crippen molar-refractivity contribution >= 4 is 7.82 Å². The molecular formula is C18H30N3O6P. The van der Waals surface area contributed by atoms with E-state index in [4.69, 9.17) is 23.7 Å². The normalized spacial score (nSPS) is 29.7. The largest absolute Gasteiger partial charge is 0.475 e. The second kappa shape index (κ2) is 9.98. The monoisotopic (exact) mass is 415 g/mol. The van der Waals surface area contributed by atoms with Gasteiger partial charge in [0.15, 0.2) is 0 Å². The quantitative estimate of drug-likeness (QED) is 0.448. The molecule has 0 amide bonds. The number of hydrogen-bond acceptors (Lipinski definition) is 7. The van der Waals surface area contributed by atoms with Gasteiger partial charge in [-0.1, -0.05) is 45.4 Å². The Morgan fingerprint density at radius 1 is 1.25 bits per heavy atom. The Morgan fingerprint density at radius 2 is 2.00 bits per heavy atom. The molecule has 2 fully saturated rings. The van der Waals surface area contributed by atoms with Crippen LogP contribution in [0.5, 0.6) is 0 Å². The lowest BCUT2D eigenvalue weighted by atomic mass is 10.1. The van der Waals surface area contributed by atoms with E-state index in [0.717, 1.165) is 19.3 Å². The highest BCUT2D eigenvalue weighted by atomic mass is 31.2. The maximum atomic E-state index is 12.7. The highest BCUT2D eigenvalue weighted by Gasteiger charge is 2.47. The number of H-pyrrole nitrogens is 1. The number of nitrogens with one attached hydrogen (secondary N) is 2. The van der Waals surface area contributed by atoms with Crippen molar-refractivity contribution in [3.05, 3.63) is 28.2 Å². The number of hydrogen-bond donors (Lipinski definition) is 2. The molecule has 2 aliphatic heterocycles. The van der Waals surface area contributed by atoms with Gasteiger partial charge in [0.2, 0.25) is 0 Å². The first kappa shape index (κ1) is 21.5. The van der Waals surface area contributed by atoms with Crippen LogP contribution in [0.15, 0.2) is 17.1 Å². The predicted molar refractivity (Wildman–Crippen MR) is 102 cm³/mol. The molecule has 2 saturated heterocycles. The van der Waals surface area contributed by atoms with Gasteiger partial charge in [-0.2, -0.15) is 0 Å². The molecule has 10 heteroatoms. The van der Waals surface area contributed by atoms with Crippen molar-refractivity contribution in [3.63, 3.8) is 0 Å². The Hall–Kier alpha value is -1.25. The van der Waals surface area contributed by atoms with Crippen LogP contribution < -0.4 is 11.2 Å². The third kappa shape index (κ3) is 5.64. The molecule has 1 aromatic heterocycles. The SMILES string of the molecule is CCCCCCCCCOP1(=O)OC[C@H]2O[C@@H](n3ccc(=N)[nH]c3=O)C[C@@H]2O1. The lowest BCUT2D eigenvalue weighted by Crippen LogP contribution is -2.33. The molecular weight excluding hydrogens is 385 g/mol. The van der Waals surface area contributed by atoms with Gasteiger partial charge in [-0.15, -0.1) is 0 Å². The third-order valence-corrected chi connectivity index (χ3v) is 6.52. The summed E-state index contributed by atoms with van der Waals surface area (Å²) >= 11 is 0. The minimum atomic E-state index is -3.59. The summed E-state index contributed by atoms with van der Waals surface area (Å²) in [6.07, 6.45) is 8.44. The van der Waals surface area contributed by atoms with Gasteiger partial charge in [0.1, 0.15) is 23.9 Å². The Labute approximate surface area is 164 Å². The zero-order chi connectivity index (χ0) is 20.0. The van der Waals surface area contributed by atoms with Crippen LogP contribution in [0.4, 0.5) is 0 Å². The molecule has 0 radical (unpaired) electrons. The number of aromatic nitrogens is 2. The number of phosphoric acid groups is 1. The first-order valence-electron chi connectivity index (χ1n) is 10.1. The summed E-state index contributed by atoms with van der Waals surface area (Å²) in [6, 6.07) is 1.47. The summed E-state index contributed by atoms with van der Waals surface area (Å²) < 4.78 is 36.2. The number of aromatic amines is 1. The Kier molecular flexibility index (Phi) is 7.65. The van der Waals surface area contributed by atoms with E-state index in [9.17, 15) is 9.36 Å². The topological polar surface area (TPSA) is 116 Å². The van der Waals surface area contributed by atoms with E-state index >= 15 is 0 Å². The van der Waals surface area contributed by atoms with E-state index in [1.165, 1.54) is 42.5 Å². The fraction of sp³-hybridized carbons (Fsp3) is 0.778. The van der Waals surface area contributed by atoms with Crippen molar-refractivity contribution in [2.45, 2.75) is 76.7 Å². The molecule has 1 unspecified atom stereocenters. The van der Waals surface area contributed by atoms with Crippen LogP contribution in [-0.2, 0) is 22.9 Å². The van der Waals surface area contributed by atoms with Crippen LogP contribution >= 0.6 is 7.82 Å². The maximum absolute atomic E-state index is 12.7. The zero-order valence-electron chi connectivity index (χ0n) is 16.3. The van der Waals surface area contributed by atoms with Gasteiger partial charge in [0, 0.05) is 12.6 Å². The van der Waals surface area contributed by atoms with E-state index in [1.807, 2.05) is 0 Å². The van der Waals surface area contributed by atoms with Crippen LogP contribution in [0.3, 0.4) is 0 Å². The van der Waals surface area contributed by atoms with E-state index in [2.05, 4.69) is 11.9 Å². The van der Waals surface area contributed by atoms with Gasteiger partial charge in [-0.05, 0) is 12.5 Å². The summed E-state index contributed by atoms with van der Waals surface area (Å²) in [7, 11) is -3.59. The molecule has 0 bridgehead atoms. The van der Waals surface area contributed by atoms with Crippen LogP contribution in [0.25, 0.3) is 0 Å². The van der Waals surface area contributed by atoms with E-state index in [0.29, 0.717) is 13.0 Å². The third-order valence-electron chi connectivity index (χ3n) is 5.03. The standard InChI is InChI=1S/C18H30N3O6P/c1-2-3-4-5-6-7-8-11-24-28(23)25-13-15-14(27-28)12-17(26-15)21-10-9-16(19)20-18(21)22/h9-10,14-15,17H,2-8,11-13H2,1H3,(H2,19,20,22)/t14-,15+,17+,28?/m0/s1. The first-order valence-corrected chi connectivity index (χ1v) is 11.6. The highest BCUT2D eigenvalue weighted by molar-refractivity contribution is 7.48. The van der Waals surface area contributed by atoms with Crippen LogP contribution in [0.1, 0.15) is 64.5 Å². The minimum absolute atomic E-state index is 0.0273. The smallest absolute Gasteiger partial charge is 0.349 e. The number of unbranched alkanes of at least 4 members (excludes halogenated alkanes) is 6. The average molecular weight is 415 g/mol. The number of nitrogens with zero attached hydrogens (tertiary/aromatic N) is 1. The summed E-state index contributed by atoms with van der Waals surface area (Å²) in [5.74, 6) is 0. The molecule has 9 nitrogen and oxygen atoms in total. The summed E-state index contributed by atoms with van der Waals surface area (Å²) in [5, 5.41) is 7.45. The molecule has 0 saturated carbocycles. The van der Waals surface area contributed by atoms with Gasteiger partial charge in [-0.3, -0.25) is 28.5 Å². The van der Waals surface area contributed by atoms with Gasteiger partial charge in [0.05, 0.1) is 13.2 Å². The molecule has 3 rings (SSSR count). The second-order valence-electron chi connectivity index (χ2n) is 7.27. The van der Waals surface area contributed by atoms with E-state index in [-0.39, 0.29) is 12.1 Å². The van der Waals surface area contributed by atoms with Crippen molar-refractivity contribution < 1.29 is 22.9 Å². The molecule has 3 heterocycles. The van der Waals surface area contributed by atoms with Crippen LogP contribution in [-0.4, -0.2) is 35.0 Å². The second-order valence-corrected chi connectivity index (χ2v) is 8.89. The molecule has 4 atom stereocenters. The molecule has 0 spiro atoms.